The number of carbonyl (C=O) groups excluding carboxylic acids is 1. The molecule has 0 aromatic heterocycles. The van der Waals surface area contributed by atoms with Gasteiger partial charge in [0.05, 0.1) is 12.2 Å². The second-order valence-electron chi connectivity index (χ2n) is 6.37. The van der Waals surface area contributed by atoms with E-state index in [1.54, 1.807) is 0 Å². The minimum absolute atomic E-state index is 0. The first-order valence-corrected chi connectivity index (χ1v) is 8.56. The fourth-order valence-corrected chi connectivity index (χ4v) is 3.31. The molecular formula is C18H27ClN2O2. The van der Waals surface area contributed by atoms with E-state index in [0.717, 1.165) is 44.8 Å². The van der Waals surface area contributed by atoms with Crippen LogP contribution >= 0.6 is 12.4 Å². The Morgan fingerprint density at radius 1 is 1.17 bits per heavy atom. The minimum atomic E-state index is 0. The molecule has 1 aromatic carbocycles. The molecule has 0 spiro atoms. The summed E-state index contributed by atoms with van der Waals surface area (Å²) >= 11 is 0. The number of hydrogen-bond donors (Lipinski definition) is 1. The molecule has 1 amide bonds. The summed E-state index contributed by atoms with van der Waals surface area (Å²) in [5.74, 6) is 1.41. The van der Waals surface area contributed by atoms with Crippen LogP contribution in [0.5, 0.6) is 5.75 Å². The highest BCUT2D eigenvalue weighted by molar-refractivity contribution is 5.97. The van der Waals surface area contributed by atoms with Crippen molar-refractivity contribution in [1.29, 1.82) is 0 Å². The molecule has 5 heteroatoms. The van der Waals surface area contributed by atoms with Gasteiger partial charge in [0.15, 0.2) is 0 Å². The lowest BCUT2D eigenvalue weighted by atomic mass is 10.0. The van der Waals surface area contributed by atoms with Gasteiger partial charge in [0, 0.05) is 25.6 Å². The number of rotatable bonds is 4. The maximum Gasteiger partial charge on any atom is 0.257 e. The van der Waals surface area contributed by atoms with Crippen LogP contribution in [0, 0.1) is 5.92 Å². The number of ether oxygens (including phenoxy) is 1. The third-order valence-electron chi connectivity index (χ3n) is 4.63. The number of piperidine rings is 2. The topological polar surface area (TPSA) is 41.6 Å². The number of nitrogens with zero attached hydrogens (tertiary/aromatic N) is 1. The van der Waals surface area contributed by atoms with Crippen LogP contribution in [0.15, 0.2) is 24.3 Å². The summed E-state index contributed by atoms with van der Waals surface area (Å²) in [5.41, 5.74) is 0.716. The van der Waals surface area contributed by atoms with Gasteiger partial charge in [0.25, 0.3) is 5.91 Å². The molecule has 1 N–H and O–H groups in total. The van der Waals surface area contributed by atoms with Crippen LogP contribution in [0.1, 0.15) is 42.5 Å². The predicted octanol–water partition coefficient (Wildman–Crippen LogP) is 3.11. The van der Waals surface area contributed by atoms with E-state index >= 15 is 0 Å². The smallest absolute Gasteiger partial charge is 0.257 e. The van der Waals surface area contributed by atoms with Crippen molar-refractivity contribution in [3.63, 3.8) is 0 Å². The molecule has 2 saturated heterocycles. The van der Waals surface area contributed by atoms with E-state index in [1.165, 1.54) is 19.3 Å². The summed E-state index contributed by atoms with van der Waals surface area (Å²) in [4.78, 5) is 14.7. The summed E-state index contributed by atoms with van der Waals surface area (Å²) in [6.45, 7) is 4.57. The molecule has 2 heterocycles. The van der Waals surface area contributed by atoms with Gasteiger partial charge in [-0.05, 0) is 50.8 Å². The molecule has 23 heavy (non-hydrogen) atoms. The Morgan fingerprint density at radius 2 is 1.96 bits per heavy atom. The molecule has 3 rings (SSSR count). The van der Waals surface area contributed by atoms with E-state index in [2.05, 4.69) is 5.32 Å². The van der Waals surface area contributed by atoms with Crippen LogP contribution in [0.3, 0.4) is 0 Å². The SMILES string of the molecule is Cl.O=C(c1ccccc1OCC1CCCNC1)N1CCCCC1. The summed E-state index contributed by atoms with van der Waals surface area (Å²) in [5, 5.41) is 3.41. The molecule has 4 nitrogen and oxygen atoms in total. The Bertz CT molecular complexity index is 498. The summed E-state index contributed by atoms with van der Waals surface area (Å²) in [7, 11) is 0. The van der Waals surface area contributed by atoms with Crippen molar-refractivity contribution < 1.29 is 9.53 Å². The van der Waals surface area contributed by atoms with Crippen LogP contribution in [0.4, 0.5) is 0 Å². The van der Waals surface area contributed by atoms with Crippen molar-refractivity contribution in [3.8, 4) is 5.75 Å². The molecule has 2 fully saturated rings. The van der Waals surface area contributed by atoms with E-state index < -0.39 is 0 Å². The summed E-state index contributed by atoms with van der Waals surface area (Å²) in [6, 6.07) is 7.69. The number of nitrogens with one attached hydrogen (secondary N) is 1. The Morgan fingerprint density at radius 3 is 2.70 bits per heavy atom. The van der Waals surface area contributed by atoms with Gasteiger partial charge in [-0.3, -0.25) is 4.79 Å². The van der Waals surface area contributed by atoms with Crippen molar-refractivity contribution in [3.05, 3.63) is 29.8 Å². The molecular weight excluding hydrogens is 312 g/mol. The Labute approximate surface area is 145 Å². The maximum absolute atomic E-state index is 12.7. The van der Waals surface area contributed by atoms with E-state index in [4.69, 9.17) is 4.74 Å². The van der Waals surface area contributed by atoms with Gasteiger partial charge in [-0.1, -0.05) is 12.1 Å². The van der Waals surface area contributed by atoms with Gasteiger partial charge in [-0.25, -0.2) is 0 Å². The fourth-order valence-electron chi connectivity index (χ4n) is 3.31. The lowest BCUT2D eigenvalue weighted by Gasteiger charge is -2.28. The molecule has 2 aliphatic rings. The Balaban J connectivity index is 0.00000192. The van der Waals surface area contributed by atoms with Gasteiger partial charge in [-0.15, -0.1) is 12.4 Å². The first-order chi connectivity index (χ1) is 10.8. The number of benzene rings is 1. The van der Waals surface area contributed by atoms with E-state index in [-0.39, 0.29) is 18.3 Å². The highest BCUT2D eigenvalue weighted by atomic mass is 35.5. The van der Waals surface area contributed by atoms with Gasteiger partial charge in [0.1, 0.15) is 5.75 Å². The summed E-state index contributed by atoms with van der Waals surface area (Å²) < 4.78 is 6.00. The number of amides is 1. The molecule has 0 saturated carbocycles. The molecule has 0 bridgehead atoms. The van der Waals surface area contributed by atoms with Crippen LogP contribution in [0.2, 0.25) is 0 Å². The number of carbonyl (C=O) groups is 1. The molecule has 128 valence electrons. The highest BCUT2D eigenvalue weighted by Crippen LogP contribution is 2.23. The zero-order valence-corrected chi connectivity index (χ0v) is 14.4. The molecule has 0 radical (unpaired) electrons. The van der Waals surface area contributed by atoms with Crippen molar-refractivity contribution >= 4 is 18.3 Å². The van der Waals surface area contributed by atoms with E-state index in [0.29, 0.717) is 18.1 Å². The number of likely N-dealkylation sites (tertiary alicyclic amines) is 1. The third kappa shape index (κ3) is 4.85. The molecule has 1 aromatic rings. The van der Waals surface area contributed by atoms with Crippen LogP contribution in [0.25, 0.3) is 0 Å². The standard InChI is InChI=1S/C18H26N2O2.ClH/c21-18(20-11-4-1-5-12-20)16-8-2-3-9-17(16)22-14-15-7-6-10-19-13-15;/h2-3,8-9,15,19H,1,4-7,10-14H2;1H. The van der Waals surface area contributed by atoms with E-state index in [1.807, 2.05) is 29.2 Å². The average Bonchev–Trinajstić information content (AvgIpc) is 2.61. The monoisotopic (exact) mass is 338 g/mol. The van der Waals surface area contributed by atoms with Gasteiger partial charge in [0.2, 0.25) is 0 Å². The largest absolute Gasteiger partial charge is 0.492 e. The minimum Gasteiger partial charge on any atom is -0.492 e. The number of hydrogen-bond acceptors (Lipinski definition) is 3. The summed E-state index contributed by atoms with van der Waals surface area (Å²) in [6.07, 6.45) is 5.87. The zero-order chi connectivity index (χ0) is 15.2. The second-order valence-corrected chi connectivity index (χ2v) is 6.37. The normalized spacial score (nSPS) is 21.4. The molecule has 0 aliphatic carbocycles. The maximum atomic E-state index is 12.7. The Kier molecular flexibility index (Phi) is 7.18. The van der Waals surface area contributed by atoms with Gasteiger partial charge >= 0.3 is 0 Å². The van der Waals surface area contributed by atoms with Crippen molar-refractivity contribution in [1.82, 2.24) is 10.2 Å². The fraction of sp³-hybridized carbons (Fsp3) is 0.611. The molecule has 1 atom stereocenters. The third-order valence-corrected chi connectivity index (χ3v) is 4.63. The number of halogens is 1. The van der Waals surface area contributed by atoms with Crippen molar-refractivity contribution in [2.24, 2.45) is 5.92 Å². The average molecular weight is 339 g/mol. The first-order valence-electron chi connectivity index (χ1n) is 8.56. The Hall–Kier alpha value is -1.26. The van der Waals surface area contributed by atoms with Crippen molar-refractivity contribution in [2.75, 3.05) is 32.8 Å². The van der Waals surface area contributed by atoms with Gasteiger partial charge < -0.3 is 15.0 Å². The zero-order valence-electron chi connectivity index (χ0n) is 13.6. The van der Waals surface area contributed by atoms with Crippen LogP contribution in [-0.2, 0) is 0 Å². The quantitative estimate of drug-likeness (QED) is 0.917. The molecule has 2 aliphatic heterocycles. The lowest BCUT2D eigenvalue weighted by molar-refractivity contribution is 0.0718. The number of para-hydroxylation sites is 1. The van der Waals surface area contributed by atoms with Crippen LogP contribution < -0.4 is 10.1 Å². The highest BCUT2D eigenvalue weighted by Gasteiger charge is 2.22. The van der Waals surface area contributed by atoms with Crippen LogP contribution in [-0.4, -0.2) is 43.6 Å². The second kappa shape index (κ2) is 9.14. The lowest BCUT2D eigenvalue weighted by Crippen LogP contribution is -2.36. The van der Waals surface area contributed by atoms with Gasteiger partial charge in [-0.2, -0.15) is 0 Å². The predicted molar refractivity (Wildman–Crippen MR) is 94.5 cm³/mol. The van der Waals surface area contributed by atoms with E-state index in [9.17, 15) is 4.79 Å². The van der Waals surface area contributed by atoms with Crippen molar-refractivity contribution in [2.45, 2.75) is 32.1 Å². The molecule has 1 unspecified atom stereocenters. The first kappa shape index (κ1) is 18.1.